The van der Waals surface area contributed by atoms with E-state index in [4.69, 9.17) is 25.8 Å². The van der Waals surface area contributed by atoms with E-state index in [0.717, 1.165) is 5.56 Å². The second-order valence-corrected chi connectivity index (χ2v) is 5.20. The third-order valence-corrected chi connectivity index (χ3v) is 3.50. The van der Waals surface area contributed by atoms with Crippen molar-refractivity contribution >= 4 is 23.2 Å². The van der Waals surface area contributed by atoms with Gasteiger partial charge in [-0.1, -0.05) is 29.8 Å². The maximum atomic E-state index is 12.1. The summed E-state index contributed by atoms with van der Waals surface area (Å²) in [4.78, 5) is 12.1. The van der Waals surface area contributed by atoms with Gasteiger partial charge in [-0.3, -0.25) is 4.79 Å². The predicted octanol–water partition coefficient (Wildman–Crippen LogP) is 3.68. The van der Waals surface area contributed by atoms with Crippen molar-refractivity contribution < 1.29 is 19.0 Å². The number of ether oxygens (including phenoxy) is 3. The second kappa shape index (κ2) is 7.74. The molecule has 23 heavy (non-hydrogen) atoms. The van der Waals surface area contributed by atoms with E-state index in [1.807, 2.05) is 31.2 Å². The fraction of sp³-hybridized carbons (Fsp3) is 0.235. The maximum absolute atomic E-state index is 12.1. The van der Waals surface area contributed by atoms with Crippen LogP contribution in [-0.4, -0.2) is 26.7 Å². The van der Waals surface area contributed by atoms with E-state index in [9.17, 15) is 4.79 Å². The fourth-order valence-corrected chi connectivity index (χ4v) is 2.24. The molecule has 0 radical (unpaired) electrons. The Hall–Kier alpha value is -2.40. The minimum Gasteiger partial charge on any atom is -0.495 e. The van der Waals surface area contributed by atoms with Crippen molar-refractivity contribution in [3.63, 3.8) is 0 Å². The number of anilines is 1. The zero-order valence-electron chi connectivity index (χ0n) is 13.2. The molecule has 0 bridgehead atoms. The van der Waals surface area contributed by atoms with Gasteiger partial charge in [0, 0.05) is 12.1 Å². The summed E-state index contributed by atoms with van der Waals surface area (Å²) in [5.74, 6) is 1.25. The number of carbonyl (C=O) groups is 1. The smallest absolute Gasteiger partial charge is 0.262 e. The molecule has 1 N–H and O–H groups in total. The number of benzene rings is 2. The molecule has 0 spiro atoms. The Labute approximate surface area is 140 Å². The number of para-hydroxylation sites is 1. The molecule has 0 fully saturated rings. The minimum atomic E-state index is -0.309. The molecule has 0 saturated carbocycles. The van der Waals surface area contributed by atoms with Crippen LogP contribution in [0.1, 0.15) is 5.56 Å². The summed E-state index contributed by atoms with van der Waals surface area (Å²) in [5, 5.41) is 3.13. The number of rotatable bonds is 6. The summed E-state index contributed by atoms with van der Waals surface area (Å²) in [6.45, 7) is 1.80. The van der Waals surface area contributed by atoms with Crippen molar-refractivity contribution in [3.05, 3.63) is 47.0 Å². The summed E-state index contributed by atoms with van der Waals surface area (Å²) < 4.78 is 15.9. The molecule has 0 aliphatic rings. The van der Waals surface area contributed by atoms with E-state index < -0.39 is 0 Å². The predicted molar refractivity (Wildman–Crippen MR) is 89.9 cm³/mol. The van der Waals surface area contributed by atoms with Crippen molar-refractivity contribution in [1.82, 2.24) is 0 Å². The van der Waals surface area contributed by atoms with Crippen molar-refractivity contribution in [2.75, 3.05) is 26.1 Å². The molecule has 0 aromatic heterocycles. The van der Waals surface area contributed by atoms with E-state index in [1.165, 1.54) is 14.2 Å². The molecule has 0 aliphatic heterocycles. The average Bonchev–Trinajstić information content (AvgIpc) is 2.55. The van der Waals surface area contributed by atoms with Gasteiger partial charge in [-0.25, -0.2) is 0 Å². The molecular formula is C17H18ClNO4. The van der Waals surface area contributed by atoms with Crippen LogP contribution in [0.15, 0.2) is 36.4 Å². The van der Waals surface area contributed by atoms with E-state index in [2.05, 4.69) is 5.32 Å². The van der Waals surface area contributed by atoms with Crippen molar-refractivity contribution in [2.45, 2.75) is 6.92 Å². The van der Waals surface area contributed by atoms with Crippen LogP contribution < -0.4 is 19.5 Å². The number of amides is 1. The second-order valence-electron chi connectivity index (χ2n) is 4.79. The number of methoxy groups -OCH3 is 2. The molecule has 2 aromatic rings. The van der Waals surface area contributed by atoms with E-state index in [-0.39, 0.29) is 12.5 Å². The monoisotopic (exact) mass is 335 g/mol. The van der Waals surface area contributed by atoms with Gasteiger partial charge in [0.2, 0.25) is 0 Å². The number of halogens is 1. The van der Waals surface area contributed by atoms with Crippen LogP contribution in [-0.2, 0) is 4.79 Å². The summed E-state index contributed by atoms with van der Waals surface area (Å²) in [6.07, 6.45) is 0. The van der Waals surface area contributed by atoms with Crippen LogP contribution in [0.25, 0.3) is 0 Å². The molecule has 0 saturated heterocycles. The molecule has 5 nitrogen and oxygen atoms in total. The SMILES string of the molecule is COc1cc(NC(=O)COc2ccccc2C)c(OC)cc1Cl. The third kappa shape index (κ3) is 4.29. The highest BCUT2D eigenvalue weighted by Gasteiger charge is 2.13. The van der Waals surface area contributed by atoms with Gasteiger partial charge in [-0.15, -0.1) is 0 Å². The Morgan fingerprint density at radius 1 is 1.09 bits per heavy atom. The molecular weight excluding hydrogens is 318 g/mol. The number of hydrogen-bond acceptors (Lipinski definition) is 4. The maximum Gasteiger partial charge on any atom is 0.262 e. The lowest BCUT2D eigenvalue weighted by molar-refractivity contribution is -0.118. The first-order valence-corrected chi connectivity index (χ1v) is 7.32. The largest absolute Gasteiger partial charge is 0.495 e. The van der Waals surface area contributed by atoms with Crippen LogP contribution in [0.5, 0.6) is 17.2 Å². The topological polar surface area (TPSA) is 56.8 Å². The Morgan fingerprint density at radius 3 is 2.43 bits per heavy atom. The van der Waals surface area contributed by atoms with E-state index in [0.29, 0.717) is 28.0 Å². The van der Waals surface area contributed by atoms with Crippen molar-refractivity contribution in [1.29, 1.82) is 0 Å². The van der Waals surface area contributed by atoms with Crippen LogP contribution >= 0.6 is 11.6 Å². The standard InChI is InChI=1S/C17H18ClNO4/c1-11-6-4-5-7-14(11)23-10-17(20)19-13-9-15(21-2)12(18)8-16(13)22-3/h4-9H,10H2,1-3H3,(H,19,20). The van der Waals surface area contributed by atoms with Gasteiger partial charge >= 0.3 is 0 Å². The van der Waals surface area contributed by atoms with Crippen LogP contribution in [0.3, 0.4) is 0 Å². The lowest BCUT2D eigenvalue weighted by atomic mass is 10.2. The lowest BCUT2D eigenvalue weighted by Gasteiger charge is -2.14. The van der Waals surface area contributed by atoms with Gasteiger partial charge in [-0.2, -0.15) is 0 Å². The Kier molecular flexibility index (Phi) is 5.71. The first-order chi connectivity index (χ1) is 11.0. The Balaban J connectivity index is 2.06. The Bertz CT molecular complexity index is 703. The highest BCUT2D eigenvalue weighted by Crippen LogP contribution is 2.35. The van der Waals surface area contributed by atoms with E-state index in [1.54, 1.807) is 12.1 Å². The average molecular weight is 336 g/mol. The van der Waals surface area contributed by atoms with Crippen molar-refractivity contribution in [2.24, 2.45) is 0 Å². The zero-order chi connectivity index (χ0) is 16.8. The number of aryl methyl sites for hydroxylation is 1. The molecule has 0 heterocycles. The molecule has 1 amide bonds. The Morgan fingerprint density at radius 2 is 1.78 bits per heavy atom. The van der Waals surface area contributed by atoms with Gasteiger partial charge in [0.1, 0.15) is 17.2 Å². The van der Waals surface area contributed by atoms with Gasteiger partial charge < -0.3 is 19.5 Å². The van der Waals surface area contributed by atoms with Crippen LogP contribution in [0.2, 0.25) is 5.02 Å². The first-order valence-electron chi connectivity index (χ1n) is 6.95. The molecule has 2 rings (SSSR count). The third-order valence-electron chi connectivity index (χ3n) is 3.20. The van der Waals surface area contributed by atoms with Crippen LogP contribution in [0.4, 0.5) is 5.69 Å². The highest BCUT2D eigenvalue weighted by atomic mass is 35.5. The quantitative estimate of drug-likeness (QED) is 0.874. The summed E-state index contributed by atoms with van der Waals surface area (Å²) >= 11 is 6.03. The number of hydrogen-bond donors (Lipinski definition) is 1. The molecule has 6 heteroatoms. The van der Waals surface area contributed by atoms with Gasteiger partial charge in [-0.05, 0) is 18.6 Å². The summed E-state index contributed by atoms with van der Waals surface area (Å²) in [7, 11) is 3.00. The summed E-state index contributed by atoms with van der Waals surface area (Å²) in [6, 6.07) is 10.7. The van der Waals surface area contributed by atoms with Crippen LogP contribution in [0, 0.1) is 6.92 Å². The number of carbonyl (C=O) groups excluding carboxylic acids is 1. The molecule has 0 atom stereocenters. The minimum absolute atomic E-state index is 0.112. The molecule has 0 unspecified atom stereocenters. The van der Waals surface area contributed by atoms with E-state index >= 15 is 0 Å². The number of nitrogens with one attached hydrogen (secondary N) is 1. The van der Waals surface area contributed by atoms with Gasteiger partial charge in [0.05, 0.1) is 24.9 Å². The van der Waals surface area contributed by atoms with Gasteiger partial charge in [0.15, 0.2) is 6.61 Å². The molecule has 0 aliphatic carbocycles. The van der Waals surface area contributed by atoms with Crippen molar-refractivity contribution in [3.8, 4) is 17.2 Å². The fourth-order valence-electron chi connectivity index (χ4n) is 2.01. The first kappa shape index (κ1) is 17.0. The molecule has 122 valence electrons. The highest BCUT2D eigenvalue weighted by molar-refractivity contribution is 6.32. The lowest BCUT2D eigenvalue weighted by Crippen LogP contribution is -2.20. The normalized spacial score (nSPS) is 10.1. The van der Waals surface area contributed by atoms with Gasteiger partial charge in [0.25, 0.3) is 5.91 Å². The zero-order valence-corrected chi connectivity index (χ0v) is 13.9. The summed E-state index contributed by atoms with van der Waals surface area (Å²) in [5.41, 5.74) is 1.43. The molecule has 2 aromatic carbocycles.